The molecule has 5 nitrogen and oxygen atoms in total. The first kappa shape index (κ1) is 14.2. The van der Waals surface area contributed by atoms with Gasteiger partial charge in [-0.1, -0.05) is 6.08 Å². The monoisotopic (exact) mass is 286 g/mol. The minimum absolute atomic E-state index is 0.0748. The minimum atomic E-state index is -4.73. The highest BCUT2D eigenvalue weighted by Gasteiger charge is 2.31. The van der Waals surface area contributed by atoms with Gasteiger partial charge in [-0.25, -0.2) is 4.98 Å². The number of nitrogens with zero attached hydrogens (tertiary/aromatic N) is 2. The summed E-state index contributed by atoms with van der Waals surface area (Å²) < 4.78 is 42.0. The molecule has 0 saturated heterocycles. The molecule has 0 saturated carbocycles. The molecule has 1 aromatic heterocycles. The molecule has 0 unspecified atom stereocenters. The number of fused-ring (bicyclic) bond motifs is 1. The van der Waals surface area contributed by atoms with Crippen LogP contribution in [0.2, 0.25) is 0 Å². The van der Waals surface area contributed by atoms with Crippen LogP contribution in [0.5, 0.6) is 5.75 Å². The lowest BCUT2D eigenvalue weighted by atomic mass is 10.3. The van der Waals surface area contributed by atoms with Crippen LogP contribution in [0.1, 0.15) is 0 Å². The largest absolute Gasteiger partial charge is 0.573 e. The summed E-state index contributed by atoms with van der Waals surface area (Å²) in [7, 11) is 0. The Bertz CT molecular complexity index is 621. The maximum atomic E-state index is 12.2. The predicted octanol–water partition coefficient (Wildman–Crippen LogP) is 2.45. The maximum Gasteiger partial charge on any atom is 0.573 e. The Kier molecular flexibility index (Phi) is 3.84. The summed E-state index contributed by atoms with van der Waals surface area (Å²) in [5.74, 6) is 0.154. The van der Waals surface area contributed by atoms with Gasteiger partial charge in [0, 0.05) is 12.6 Å². The van der Waals surface area contributed by atoms with E-state index in [9.17, 15) is 13.2 Å². The summed E-state index contributed by atoms with van der Waals surface area (Å²) in [6.45, 7) is 4.11. The Labute approximate surface area is 112 Å². The normalized spacial score (nSPS) is 11.6. The van der Waals surface area contributed by atoms with Gasteiger partial charge in [0.1, 0.15) is 5.75 Å². The summed E-state index contributed by atoms with van der Waals surface area (Å²) in [5, 5.41) is 2.96. The molecule has 0 aliphatic carbocycles. The lowest BCUT2D eigenvalue weighted by molar-refractivity contribution is -0.274. The number of imidazole rings is 1. The molecule has 0 spiro atoms. The van der Waals surface area contributed by atoms with E-state index in [0.29, 0.717) is 23.5 Å². The summed E-state index contributed by atoms with van der Waals surface area (Å²) in [5.41, 5.74) is 6.59. The molecule has 0 bridgehead atoms. The first-order valence-corrected chi connectivity index (χ1v) is 5.75. The van der Waals surface area contributed by atoms with Crippen molar-refractivity contribution in [2.45, 2.75) is 13.0 Å². The van der Waals surface area contributed by atoms with Crippen LogP contribution < -0.4 is 15.8 Å². The summed E-state index contributed by atoms with van der Waals surface area (Å²) >= 11 is 0. The third-order valence-corrected chi connectivity index (χ3v) is 2.54. The number of rotatable bonds is 5. The number of benzene rings is 1. The fourth-order valence-corrected chi connectivity index (χ4v) is 1.78. The van der Waals surface area contributed by atoms with Gasteiger partial charge in [-0.2, -0.15) is 0 Å². The Morgan fingerprint density at radius 3 is 2.80 bits per heavy atom. The number of anilines is 1. The topological polar surface area (TPSA) is 65.1 Å². The van der Waals surface area contributed by atoms with Crippen molar-refractivity contribution in [3.8, 4) is 5.75 Å². The fraction of sp³-hybridized carbons (Fsp3) is 0.250. The van der Waals surface area contributed by atoms with Crippen LogP contribution in [0.3, 0.4) is 0 Å². The molecule has 2 rings (SSSR count). The van der Waals surface area contributed by atoms with Crippen molar-refractivity contribution in [2.75, 3.05) is 11.9 Å². The molecule has 3 N–H and O–H groups in total. The van der Waals surface area contributed by atoms with Gasteiger partial charge in [0.05, 0.1) is 17.7 Å². The molecule has 2 aromatic rings. The third-order valence-electron chi connectivity index (χ3n) is 2.54. The molecule has 1 aromatic carbocycles. The number of ether oxygens (including phenoxy) is 1. The minimum Gasteiger partial charge on any atom is -0.406 e. The van der Waals surface area contributed by atoms with E-state index in [1.54, 1.807) is 10.6 Å². The van der Waals surface area contributed by atoms with Crippen LogP contribution in [-0.2, 0) is 6.67 Å². The number of alkyl halides is 3. The fourth-order valence-electron chi connectivity index (χ4n) is 1.78. The van der Waals surface area contributed by atoms with Crippen molar-refractivity contribution in [3.63, 3.8) is 0 Å². The number of hydrogen-bond acceptors (Lipinski definition) is 4. The van der Waals surface area contributed by atoms with Crippen molar-refractivity contribution >= 4 is 17.0 Å². The molecule has 1 heterocycles. The van der Waals surface area contributed by atoms with Crippen LogP contribution >= 0.6 is 0 Å². The SMILES string of the molecule is C=CCNc1nc2ccc(OC(F)(F)F)cc2n1CN. The van der Waals surface area contributed by atoms with Gasteiger partial charge in [-0.15, -0.1) is 19.8 Å². The zero-order valence-corrected chi connectivity index (χ0v) is 10.4. The van der Waals surface area contributed by atoms with E-state index in [1.165, 1.54) is 18.2 Å². The van der Waals surface area contributed by atoms with E-state index in [-0.39, 0.29) is 12.4 Å². The first-order chi connectivity index (χ1) is 9.44. The van der Waals surface area contributed by atoms with Crippen LogP contribution in [0.4, 0.5) is 19.1 Å². The van der Waals surface area contributed by atoms with E-state index in [0.717, 1.165) is 0 Å². The van der Waals surface area contributed by atoms with Gasteiger partial charge in [-0.3, -0.25) is 4.57 Å². The number of nitrogens with two attached hydrogens (primary N) is 1. The second-order valence-corrected chi connectivity index (χ2v) is 3.91. The van der Waals surface area contributed by atoms with Crippen LogP contribution in [0.25, 0.3) is 11.0 Å². The number of halogens is 3. The number of aromatic nitrogens is 2. The molecule has 0 aliphatic heterocycles. The Morgan fingerprint density at radius 1 is 1.45 bits per heavy atom. The molecular weight excluding hydrogens is 273 g/mol. The molecule has 0 amide bonds. The summed E-state index contributed by atoms with van der Waals surface area (Å²) in [6.07, 6.45) is -3.09. The molecule has 8 heteroatoms. The highest BCUT2D eigenvalue weighted by molar-refractivity contribution is 5.80. The van der Waals surface area contributed by atoms with Crippen molar-refractivity contribution < 1.29 is 17.9 Å². The van der Waals surface area contributed by atoms with Crippen LogP contribution in [0, 0.1) is 0 Å². The van der Waals surface area contributed by atoms with Gasteiger partial charge >= 0.3 is 6.36 Å². The zero-order valence-electron chi connectivity index (χ0n) is 10.4. The maximum absolute atomic E-state index is 12.2. The van der Waals surface area contributed by atoms with Crippen molar-refractivity contribution in [2.24, 2.45) is 5.73 Å². The van der Waals surface area contributed by atoms with E-state index in [2.05, 4.69) is 21.6 Å². The third kappa shape index (κ3) is 3.02. The Balaban J connectivity index is 2.42. The lowest BCUT2D eigenvalue weighted by Gasteiger charge is -2.09. The highest BCUT2D eigenvalue weighted by atomic mass is 19.4. The van der Waals surface area contributed by atoms with Gasteiger partial charge in [0.25, 0.3) is 0 Å². The molecule has 0 atom stereocenters. The Hall–Kier alpha value is -2.22. The Morgan fingerprint density at radius 2 is 2.20 bits per heavy atom. The number of hydrogen-bond donors (Lipinski definition) is 2. The van der Waals surface area contributed by atoms with E-state index < -0.39 is 6.36 Å². The predicted molar refractivity (Wildman–Crippen MR) is 69.3 cm³/mol. The molecular formula is C12H13F3N4O. The first-order valence-electron chi connectivity index (χ1n) is 5.75. The average molecular weight is 286 g/mol. The van der Waals surface area contributed by atoms with Crippen molar-refractivity contribution in [3.05, 3.63) is 30.9 Å². The standard InChI is InChI=1S/C12H13F3N4O/c1-2-5-17-11-18-9-4-3-8(20-12(13,14)15)6-10(9)19(11)7-16/h2-4,6H,1,5,7,16H2,(H,17,18). The van der Waals surface area contributed by atoms with E-state index in [1.807, 2.05) is 0 Å². The summed E-state index contributed by atoms with van der Waals surface area (Å²) in [6, 6.07) is 3.91. The molecule has 0 fully saturated rings. The molecule has 0 aliphatic rings. The quantitative estimate of drug-likeness (QED) is 0.829. The average Bonchev–Trinajstić information content (AvgIpc) is 2.71. The van der Waals surface area contributed by atoms with Gasteiger partial charge in [-0.05, 0) is 12.1 Å². The van der Waals surface area contributed by atoms with Crippen LogP contribution in [-0.4, -0.2) is 22.5 Å². The zero-order chi connectivity index (χ0) is 14.8. The molecule has 0 radical (unpaired) electrons. The van der Waals surface area contributed by atoms with E-state index >= 15 is 0 Å². The lowest BCUT2D eigenvalue weighted by Crippen LogP contribution is -2.17. The van der Waals surface area contributed by atoms with Gasteiger partial charge in [0.2, 0.25) is 5.95 Å². The van der Waals surface area contributed by atoms with Crippen molar-refractivity contribution in [1.82, 2.24) is 9.55 Å². The van der Waals surface area contributed by atoms with Crippen LogP contribution in [0.15, 0.2) is 30.9 Å². The number of nitrogens with one attached hydrogen (secondary N) is 1. The van der Waals surface area contributed by atoms with E-state index in [4.69, 9.17) is 5.73 Å². The van der Waals surface area contributed by atoms with Crippen molar-refractivity contribution in [1.29, 1.82) is 0 Å². The smallest absolute Gasteiger partial charge is 0.406 e. The second-order valence-electron chi connectivity index (χ2n) is 3.91. The highest BCUT2D eigenvalue weighted by Crippen LogP contribution is 2.27. The summed E-state index contributed by atoms with van der Waals surface area (Å²) in [4.78, 5) is 4.25. The molecule has 108 valence electrons. The van der Waals surface area contributed by atoms with Gasteiger partial charge < -0.3 is 15.8 Å². The molecule has 20 heavy (non-hydrogen) atoms. The van der Waals surface area contributed by atoms with Gasteiger partial charge in [0.15, 0.2) is 0 Å². The second kappa shape index (κ2) is 5.41.